The van der Waals surface area contributed by atoms with Gasteiger partial charge in [0.25, 0.3) is 0 Å². The Morgan fingerprint density at radius 1 is 1.55 bits per heavy atom. The molecule has 0 saturated carbocycles. The van der Waals surface area contributed by atoms with Crippen molar-refractivity contribution in [3.05, 3.63) is 47.7 Å². The third-order valence-electron chi connectivity index (χ3n) is 1.74. The first kappa shape index (κ1) is 7.86. The fourth-order valence-electron chi connectivity index (χ4n) is 1.06. The number of allylic oxidation sites excluding steroid dienone is 7. The molecule has 0 aliphatic heterocycles. The maximum atomic E-state index is 5.28. The van der Waals surface area contributed by atoms with Gasteiger partial charge in [0.1, 0.15) is 0 Å². The third kappa shape index (κ3) is 2.11. The van der Waals surface area contributed by atoms with Crippen LogP contribution in [0.15, 0.2) is 47.7 Å². The lowest BCUT2D eigenvalue weighted by molar-refractivity contribution is 1.21. The molecule has 1 aliphatic rings. The molecule has 1 aliphatic carbocycles. The Morgan fingerprint density at radius 2 is 2.36 bits per heavy atom. The highest BCUT2D eigenvalue weighted by molar-refractivity contribution is 5.37. The first-order valence-corrected chi connectivity index (χ1v) is 3.76. The Kier molecular flexibility index (Phi) is 2.73. The minimum atomic E-state index is 1.02. The second-order valence-electron chi connectivity index (χ2n) is 2.56. The van der Waals surface area contributed by atoms with Crippen LogP contribution >= 0.6 is 0 Å². The summed E-state index contributed by atoms with van der Waals surface area (Å²) >= 11 is 0. The van der Waals surface area contributed by atoms with Gasteiger partial charge in [0.15, 0.2) is 0 Å². The molecule has 11 heavy (non-hydrogen) atoms. The third-order valence-corrected chi connectivity index (χ3v) is 1.74. The smallest absolute Gasteiger partial charge is 0.00596 e. The average Bonchev–Trinajstić information content (AvgIpc) is 2.07. The van der Waals surface area contributed by atoms with Crippen LogP contribution < -0.4 is 5.73 Å². The zero-order valence-corrected chi connectivity index (χ0v) is 6.75. The summed E-state index contributed by atoms with van der Waals surface area (Å²) in [5.74, 6) is 0. The second-order valence-corrected chi connectivity index (χ2v) is 2.56. The Hall–Kier alpha value is -1.24. The number of nitrogens with two attached hydrogens (primary N) is 1. The molecular weight excluding hydrogens is 134 g/mol. The van der Waals surface area contributed by atoms with Crippen molar-refractivity contribution in [3.63, 3.8) is 0 Å². The van der Waals surface area contributed by atoms with Crippen molar-refractivity contribution in [1.29, 1.82) is 0 Å². The fourth-order valence-corrected chi connectivity index (χ4v) is 1.06. The zero-order chi connectivity index (χ0) is 8.10. The van der Waals surface area contributed by atoms with E-state index in [0.29, 0.717) is 0 Å². The van der Waals surface area contributed by atoms with E-state index in [2.05, 4.69) is 25.2 Å². The molecule has 2 N–H and O–H groups in total. The topological polar surface area (TPSA) is 26.0 Å². The average molecular weight is 147 g/mol. The SMILES string of the molecule is CC(/C=C\N)=C1\C=CC=CC1. The van der Waals surface area contributed by atoms with Crippen LogP contribution in [0.5, 0.6) is 0 Å². The molecule has 58 valence electrons. The van der Waals surface area contributed by atoms with Crippen LogP contribution in [0.1, 0.15) is 13.3 Å². The highest BCUT2D eigenvalue weighted by Crippen LogP contribution is 2.15. The molecule has 1 heteroatoms. The van der Waals surface area contributed by atoms with Gasteiger partial charge in [0.05, 0.1) is 0 Å². The zero-order valence-electron chi connectivity index (χ0n) is 6.75. The lowest BCUT2D eigenvalue weighted by atomic mass is 10.0. The van der Waals surface area contributed by atoms with Crippen LogP contribution in [0.25, 0.3) is 0 Å². The minimum absolute atomic E-state index is 1.02. The molecule has 0 radical (unpaired) electrons. The Balaban J connectivity index is 2.79. The lowest BCUT2D eigenvalue weighted by Crippen LogP contribution is -1.86. The van der Waals surface area contributed by atoms with Crippen molar-refractivity contribution in [2.75, 3.05) is 0 Å². The lowest BCUT2D eigenvalue weighted by Gasteiger charge is -2.04. The van der Waals surface area contributed by atoms with Crippen molar-refractivity contribution in [3.8, 4) is 0 Å². The van der Waals surface area contributed by atoms with Gasteiger partial charge in [-0.15, -0.1) is 0 Å². The van der Waals surface area contributed by atoms with Crippen LogP contribution in [0, 0.1) is 0 Å². The van der Waals surface area contributed by atoms with Gasteiger partial charge in [-0.1, -0.05) is 24.3 Å². The van der Waals surface area contributed by atoms with Crippen molar-refractivity contribution in [1.82, 2.24) is 0 Å². The minimum Gasteiger partial charge on any atom is -0.405 e. The second kappa shape index (κ2) is 3.81. The predicted molar refractivity (Wildman–Crippen MR) is 48.9 cm³/mol. The normalized spacial score (nSPS) is 21.2. The summed E-state index contributed by atoms with van der Waals surface area (Å²) in [6.45, 7) is 2.07. The van der Waals surface area contributed by atoms with E-state index in [1.54, 1.807) is 6.20 Å². The van der Waals surface area contributed by atoms with Crippen LogP contribution in [0.3, 0.4) is 0 Å². The number of hydrogen-bond donors (Lipinski definition) is 1. The number of hydrogen-bond acceptors (Lipinski definition) is 1. The fraction of sp³-hybridized carbons (Fsp3) is 0.200. The van der Waals surface area contributed by atoms with Crippen molar-refractivity contribution in [2.45, 2.75) is 13.3 Å². The van der Waals surface area contributed by atoms with Crippen molar-refractivity contribution in [2.24, 2.45) is 5.73 Å². The molecule has 1 nitrogen and oxygen atoms in total. The molecule has 0 heterocycles. The van der Waals surface area contributed by atoms with Gasteiger partial charge < -0.3 is 5.73 Å². The maximum absolute atomic E-state index is 5.28. The monoisotopic (exact) mass is 147 g/mol. The summed E-state index contributed by atoms with van der Waals surface area (Å²) in [7, 11) is 0. The molecule has 0 atom stereocenters. The van der Waals surface area contributed by atoms with E-state index in [4.69, 9.17) is 5.73 Å². The molecule has 0 bridgehead atoms. The molecule has 0 unspecified atom stereocenters. The van der Waals surface area contributed by atoms with Crippen LogP contribution in [-0.4, -0.2) is 0 Å². The molecule has 1 rings (SSSR count). The van der Waals surface area contributed by atoms with Crippen molar-refractivity contribution < 1.29 is 0 Å². The van der Waals surface area contributed by atoms with Gasteiger partial charge in [0, 0.05) is 0 Å². The molecule has 0 aromatic carbocycles. The van der Waals surface area contributed by atoms with E-state index in [1.807, 2.05) is 12.2 Å². The van der Waals surface area contributed by atoms with E-state index >= 15 is 0 Å². The summed E-state index contributed by atoms with van der Waals surface area (Å²) in [6, 6.07) is 0. The first-order chi connectivity index (χ1) is 5.34. The van der Waals surface area contributed by atoms with E-state index in [-0.39, 0.29) is 0 Å². The van der Waals surface area contributed by atoms with E-state index < -0.39 is 0 Å². The van der Waals surface area contributed by atoms with Gasteiger partial charge in [-0.3, -0.25) is 0 Å². The van der Waals surface area contributed by atoms with Crippen LogP contribution in [-0.2, 0) is 0 Å². The van der Waals surface area contributed by atoms with Gasteiger partial charge in [-0.05, 0) is 36.8 Å². The summed E-state index contributed by atoms with van der Waals surface area (Å²) in [5.41, 5.74) is 7.86. The highest BCUT2D eigenvalue weighted by Gasteiger charge is 1.95. The number of rotatable bonds is 1. The Bertz CT molecular complexity index is 242. The van der Waals surface area contributed by atoms with Crippen LogP contribution in [0.2, 0.25) is 0 Å². The van der Waals surface area contributed by atoms with Crippen molar-refractivity contribution >= 4 is 0 Å². The quantitative estimate of drug-likeness (QED) is 0.605. The summed E-state index contributed by atoms with van der Waals surface area (Å²) in [5, 5.41) is 0. The maximum Gasteiger partial charge on any atom is -0.00596 e. The molecular formula is C10H13N. The largest absolute Gasteiger partial charge is 0.405 e. The summed E-state index contributed by atoms with van der Waals surface area (Å²) in [6.07, 6.45) is 12.9. The van der Waals surface area contributed by atoms with Gasteiger partial charge in [-0.25, -0.2) is 0 Å². The summed E-state index contributed by atoms with van der Waals surface area (Å²) in [4.78, 5) is 0. The molecule has 0 amide bonds. The molecule has 0 aromatic heterocycles. The van der Waals surface area contributed by atoms with Gasteiger partial charge in [-0.2, -0.15) is 0 Å². The highest BCUT2D eigenvalue weighted by atomic mass is 14.5. The van der Waals surface area contributed by atoms with E-state index in [9.17, 15) is 0 Å². The Morgan fingerprint density at radius 3 is 2.91 bits per heavy atom. The Labute approximate surface area is 67.6 Å². The standard InChI is InChI=1S/C10H13N/c1-9(7-8-11)10-5-3-2-4-6-10/h2-5,7-8H,6,11H2,1H3/b8-7-,10-9-. The van der Waals surface area contributed by atoms with Gasteiger partial charge >= 0.3 is 0 Å². The van der Waals surface area contributed by atoms with E-state index in [1.165, 1.54) is 11.1 Å². The van der Waals surface area contributed by atoms with E-state index in [0.717, 1.165) is 6.42 Å². The summed E-state index contributed by atoms with van der Waals surface area (Å²) < 4.78 is 0. The first-order valence-electron chi connectivity index (χ1n) is 3.76. The molecule has 0 fully saturated rings. The predicted octanol–water partition coefficient (Wildman–Crippen LogP) is 2.29. The van der Waals surface area contributed by atoms with Gasteiger partial charge in [0.2, 0.25) is 0 Å². The molecule has 0 aromatic rings. The molecule has 0 spiro atoms. The van der Waals surface area contributed by atoms with Crippen LogP contribution in [0.4, 0.5) is 0 Å². The molecule has 0 saturated heterocycles.